The van der Waals surface area contributed by atoms with Gasteiger partial charge in [-0.25, -0.2) is 4.79 Å². The second kappa shape index (κ2) is 3.65. The molecule has 1 saturated carbocycles. The molecule has 0 unspecified atom stereocenters. The fraction of sp³-hybridized carbons (Fsp3) is 0.500. The predicted molar refractivity (Wildman–Crippen MR) is 55.1 cm³/mol. The summed E-state index contributed by atoms with van der Waals surface area (Å²) in [4.78, 5) is 22.3. The predicted octanol–water partition coefficient (Wildman–Crippen LogP) is 1.64. The maximum absolute atomic E-state index is 11.3. The minimum Gasteiger partial charge on any atom is -0.454 e. The molecule has 15 heavy (non-hydrogen) atoms. The molecule has 0 aromatic rings. The summed E-state index contributed by atoms with van der Waals surface area (Å²) in [5, 5.41) is 0. The summed E-state index contributed by atoms with van der Waals surface area (Å²) in [6.45, 7) is 5.32. The van der Waals surface area contributed by atoms with Gasteiger partial charge >= 0.3 is 5.97 Å². The van der Waals surface area contributed by atoms with E-state index in [1.165, 1.54) is 13.0 Å². The highest BCUT2D eigenvalue weighted by Crippen LogP contribution is 2.43. The second-order valence-electron chi connectivity index (χ2n) is 4.21. The average Bonchev–Trinajstić information content (AvgIpc) is 2.90. The Morgan fingerprint density at radius 1 is 1.60 bits per heavy atom. The molecule has 3 nitrogen and oxygen atoms in total. The molecule has 2 rings (SSSR count). The zero-order valence-corrected chi connectivity index (χ0v) is 8.73. The molecule has 0 aromatic heterocycles. The summed E-state index contributed by atoms with van der Waals surface area (Å²) < 4.78 is 5.13. The van der Waals surface area contributed by atoms with Crippen molar-refractivity contribution < 1.29 is 14.3 Å². The van der Waals surface area contributed by atoms with Crippen LogP contribution in [0.3, 0.4) is 0 Å². The number of ketones is 1. The molecular formula is C12H14O3. The second-order valence-corrected chi connectivity index (χ2v) is 4.21. The highest BCUT2D eigenvalue weighted by atomic mass is 16.5. The number of hydrogen-bond acceptors (Lipinski definition) is 3. The van der Waals surface area contributed by atoms with Gasteiger partial charge in [-0.1, -0.05) is 6.58 Å². The number of Topliss-reactive ketones (excluding diaryl/α,β-unsaturated/α-hetero) is 1. The first-order valence-corrected chi connectivity index (χ1v) is 5.18. The fourth-order valence-corrected chi connectivity index (χ4v) is 2.02. The molecule has 80 valence electrons. The summed E-state index contributed by atoms with van der Waals surface area (Å²) in [5.41, 5.74) is 0.585. The molecule has 0 bridgehead atoms. The zero-order chi connectivity index (χ0) is 11.0. The van der Waals surface area contributed by atoms with E-state index in [0.717, 1.165) is 12.8 Å². The Labute approximate surface area is 88.8 Å². The van der Waals surface area contributed by atoms with Crippen molar-refractivity contribution in [3.63, 3.8) is 0 Å². The highest BCUT2D eigenvalue weighted by molar-refractivity contribution is 5.93. The summed E-state index contributed by atoms with van der Waals surface area (Å²) in [7, 11) is 0. The van der Waals surface area contributed by atoms with E-state index in [4.69, 9.17) is 4.74 Å². The van der Waals surface area contributed by atoms with Crippen LogP contribution in [-0.4, -0.2) is 17.9 Å². The summed E-state index contributed by atoms with van der Waals surface area (Å²) in [6.07, 6.45) is 5.08. The SMILES string of the molecule is C=C(C(C)=O)[C@@H](C1CC1)[C@@H]1C=CC(=O)O1. The highest BCUT2D eigenvalue weighted by Gasteiger charge is 2.41. The average molecular weight is 206 g/mol. The normalized spacial score (nSPS) is 26.2. The number of esters is 1. The van der Waals surface area contributed by atoms with E-state index in [1.807, 2.05) is 0 Å². The lowest BCUT2D eigenvalue weighted by molar-refractivity contribution is -0.140. The van der Waals surface area contributed by atoms with Gasteiger partial charge in [-0.05, 0) is 37.3 Å². The van der Waals surface area contributed by atoms with Crippen molar-refractivity contribution >= 4 is 11.8 Å². The molecular weight excluding hydrogens is 192 g/mol. The first kappa shape index (κ1) is 10.1. The van der Waals surface area contributed by atoms with Gasteiger partial charge in [0.2, 0.25) is 0 Å². The van der Waals surface area contributed by atoms with E-state index in [9.17, 15) is 9.59 Å². The lowest BCUT2D eigenvalue weighted by Crippen LogP contribution is -2.26. The van der Waals surface area contributed by atoms with Gasteiger partial charge in [0.1, 0.15) is 6.10 Å². The maximum atomic E-state index is 11.3. The first-order chi connectivity index (χ1) is 7.09. The standard InChI is InChI=1S/C12H14O3/c1-7(8(2)13)12(9-3-4-9)10-5-6-11(14)15-10/h5-6,9-10,12H,1,3-4H2,2H3/t10-,12-/m0/s1. The molecule has 3 heteroatoms. The smallest absolute Gasteiger partial charge is 0.331 e. The zero-order valence-electron chi connectivity index (χ0n) is 8.73. The molecule has 1 aliphatic heterocycles. The van der Waals surface area contributed by atoms with Crippen molar-refractivity contribution in [2.24, 2.45) is 11.8 Å². The molecule has 1 fully saturated rings. The molecule has 0 saturated heterocycles. The van der Waals surface area contributed by atoms with Crippen LogP contribution >= 0.6 is 0 Å². The first-order valence-electron chi connectivity index (χ1n) is 5.18. The Kier molecular flexibility index (Phi) is 2.47. The van der Waals surface area contributed by atoms with Gasteiger partial charge in [0.25, 0.3) is 0 Å². The minimum atomic E-state index is -0.318. The third kappa shape index (κ3) is 2.01. The van der Waals surface area contributed by atoms with Gasteiger partial charge < -0.3 is 4.74 Å². The van der Waals surface area contributed by atoms with Gasteiger partial charge in [-0.3, -0.25) is 4.79 Å². The Balaban J connectivity index is 2.13. The molecule has 0 spiro atoms. The lowest BCUT2D eigenvalue weighted by atomic mass is 9.87. The third-order valence-corrected chi connectivity index (χ3v) is 3.01. The summed E-state index contributed by atoms with van der Waals surface area (Å²) in [5.74, 6) is 0.123. The van der Waals surface area contributed by atoms with Crippen LogP contribution in [0.2, 0.25) is 0 Å². The van der Waals surface area contributed by atoms with Crippen LogP contribution in [0.1, 0.15) is 19.8 Å². The van der Waals surface area contributed by atoms with E-state index in [-0.39, 0.29) is 23.8 Å². The molecule has 0 aromatic carbocycles. The van der Waals surface area contributed by atoms with Crippen LogP contribution in [0.15, 0.2) is 24.3 Å². The van der Waals surface area contributed by atoms with E-state index >= 15 is 0 Å². The van der Waals surface area contributed by atoms with Crippen molar-refractivity contribution in [2.75, 3.05) is 0 Å². The summed E-state index contributed by atoms with van der Waals surface area (Å²) in [6, 6.07) is 0. The molecule has 0 N–H and O–H groups in total. The topological polar surface area (TPSA) is 43.4 Å². The van der Waals surface area contributed by atoms with Crippen molar-refractivity contribution in [3.8, 4) is 0 Å². The molecule has 0 radical (unpaired) electrons. The molecule has 1 heterocycles. The van der Waals surface area contributed by atoms with Crippen molar-refractivity contribution in [2.45, 2.75) is 25.9 Å². The van der Waals surface area contributed by atoms with Crippen LogP contribution in [-0.2, 0) is 14.3 Å². The van der Waals surface area contributed by atoms with Gasteiger partial charge in [-0.2, -0.15) is 0 Å². The number of carbonyl (C=O) groups excluding carboxylic acids is 2. The van der Waals surface area contributed by atoms with Crippen molar-refractivity contribution in [1.29, 1.82) is 0 Å². The van der Waals surface area contributed by atoms with Gasteiger partial charge in [0, 0.05) is 12.0 Å². The molecule has 1 aliphatic carbocycles. The number of hydrogen-bond donors (Lipinski definition) is 0. The summed E-state index contributed by atoms with van der Waals surface area (Å²) >= 11 is 0. The van der Waals surface area contributed by atoms with Crippen LogP contribution in [0, 0.1) is 11.8 Å². The Hall–Kier alpha value is -1.38. The Morgan fingerprint density at radius 3 is 2.67 bits per heavy atom. The fourth-order valence-electron chi connectivity index (χ4n) is 2.02. The monoisotopic (exact) mass is 206 g/mol. The largest absolute Gasteiger partial charge is 0.454 e. The number of ether oxygens (including phenoxy) is 1. The van der Waals surface area contributed by atoms with Crippen molar-refractivity contribution in [1.82, 2.24) is 0 Å². The van der Waals surface area contributed by atoms with Gasteiger partial charge in [0.15, 0.2) is 5.78 Å². The maximum Gasteiger partial charge on any atom is 0.331 e. The van der Waals surface area contributed by atoms with Crippen LogP contribution < -0.4 is 0 Å². The Morgan fingerprint density at radius 2 is 2.27 bits per heavy atom. The number of carbonyl (C=O) groups is 2. The van der Waals surface area contributed by atoms with E-state index in [0.29, 0.717) is 11.5 Å². The van der Waals surface area contributed by atoms with E-state index in [1.54, 1.807) is 6.08 Å². The van der Waals surface area contributed by atoms with E-state index in [2.05, 4.69) is 6.58 Å². The van der Waals surface area contributed by atoms with Gasteiger partial charge in [-0.15, -0.1) is 0 Å². The van der Waals surface area contributed by atoms with Crippen LogP contribution in [0.4, 0.5) is 0 Å². The molecule has 2 atom stereocenters. The number of rotatable bonds is 4. The minimum absolute atomic E-state index is 0.00907. The number of cyclic esters (lactones) is 1. The Bertz CT molecular complexity index is 350. The van der Waals surface area contributed by atoms with Crippen LogP contribution in [0.25, 0.3) is 0 Å². The van der Waals surface area contributed by atoms with Gasteiger partial charge in [0.05, 0.1) is 0 Å². The van der Waals surface area contributed by atoms with Crippen molar-refractivity contribution in [3.05, 3.63) is 24.3 Å². The third-order valence-electron chi connectivity index (χ3n) is 3.01. The lowest BCUT2D eigenvalue weighted by Gasteiger charge is -2.22. The molecule has 0 amide bonds. The van der Waals surface area contributed by atoms with E-state index < -0.39 is 0 Å². The van der Waals surface area contributed by atoms with Crippen LogP contribution in [0.5, 0.6) is 0 Å². The quantitative estimate of drug-likeness (QED) is 0.518. The molecule has 2 aliphatic rings.